The van der Waals surface area contributed by atoms with Crippen molar-refractivity contribution in [1.82, 2.24) is 24.5 Å². The summed E-state index contributed by atoms with van der Waals surface area (Å²) in [7, 11) is 1.90. The Morgan fingerprint density at radius 2 is 1.94 bits per heavy atom. The molecule has 0 radical (unpaired) electrons. The van der Waals surface area contributed by atoms with Gasteiger partial charge in [0.25, 0.3) is 0 Å². The maximum Gasteiger partial charge on any atom is 0.0960 e. The minimum Gasteiger partial charge on any atom is -0.392 e. The van der Waals surface area contributed by atoms with Crippen LogP contribution >= 0.6 is 11.6 Å². The summed E-state index contributed by atoms with van der Waals surface area (Å²) < 4.78 is 9.93. The first kappa shape index (κ1) is 23.2. The van der Waals surface area contributed by atoms with Gasteiger partial charge in [0.2, 0.25) is 0 Å². The van der Waals surface area contributed by atoms with Crippen molar-refractivity contribution in [3.05, 3.63) is 76.6 Å². The van der Waals surface area contributed by atoms with Crippen LogP contribution in [0.15, 0.2) is 54.7 Å². The molecule has 1 N–H and O–H groups in total. The molecule has 0 aliphatic carbocycles. The molecule has 1 unspecified atom stereocenters. The highest BCUT2D eigenvalue weighted by molar-refractivity contribution is 6.30. The topological polar surface area (TPSA) is 78.0 Å². The number of rotatable bonds is 5. The van der Waals surface area contributed by atoms with Gasteiger partial charge in [-0.2, -0.15) is 0 Å². The molecule has 0 bridgehead atoms. The number of halogens is 1. The molecule has 1 saturated heterocycles. The van der Waals surface area contributed by atoms with E-state index in [-0.39, 0.29) is 12.6 Å². The van der Waals surface area contributed by atoms with E-state index in [0.29, 0.717) is 5.92 Å². The summed E-state index contributed by atoms with van der Waals surface area (Å²) in [6, 6.07) is 16.5. The minimum absolute atomic E-state index is 0.0187. The maximum absolute atomic E-state index is 9.96. The zero-order valence-corrected chi connectivity index (χ0v) is 21.1. The van der Waals surface area contributed by atoms with Crippen LogP contribution in [-0.4, -0.2) is 42.9 Å². The van der Waals surface area contributed by atoms with Gasteiger partial charge in [-0.25, -0.2) is 4.68 Å². The SMILES string of the molecule is Cc1nnn(C)c1-c1cnc2c3ccc(CO)cc3n(C(c3cccc(Cl)c3)C3CCOCC3)c2c1. The molecule has 0 amide bonds. The number of hydrogen-bond donors (Lipinski definition) is 1. The Morgan fingerprint density at radius 1 is 1.11 bits per heavy atom. The number of aryl methyl sites for hydroxylation is 2. The Kier molecular flexibility index (Phi) is 5.99. The van der Waals surface area contributed by atoms with Crippen LogP contribution in [0.1, 0.15) is 35.7 Å². The first-order valence-corrected chi connectivity index (χ1v) is 12.7. The normalized spacial score (nSPS) is 15.7. The highest BCUT2D eigenvalue weighted by atomic mass is 35.5. The molecule has 184 valence electrons. The van der Waals surface area contributed by atoms with Crippen LogP contribution < -0.4 is 0 Å². The lowest BCUT2D eigenvalue weighted by Crippen LogP contribution is -2.27. The fourth-order valence-electron chi connectivity index (χ4n) is 5.69. The van der Waals surface area contributed by atoms with Crippen molar-refractivity contribution in [2.45, 2.75) is 32.4 Å². The zero-order valence-electron chi connectivity index (χ0n) is 20.4. The Balaban J connectivity index is 1.68. The summed E-state index contributed by atoms with van der Waals surface area (Å²) in [6.45, 7) is 3.43. The number of aromatic nitrogens is 5. The Morgan fingerprint density at radius 3 is 2.67 bits per heavy atom. The van der Waals surface area contributed by atoms with Crippen LogP contribution in [-0.2, 0) is 18.4 Å². The average molecular weight is 502 g/mol. The third-order valence-corrected chi connectivity index (χ3v) is 7.57. The smallest absolute Gasteiger partial charge is 0.0960 e. The van der Waals surface area contributed by atoms with E-state index in [9.17, 15) is 5.11 Å². The zero-order chi connectivity index (χ0) is 24.8. The fourth-order valence-corrected chi connectivity index (χ4v) is 5.89. The molecule has 8 heteroatoms. The van der Waals surface area contributed by atoms with Crippen LogP contribution in [0.2, 0.25) is 5.02 Å². The van der Waals surface area contributed by atoms with Crippen LogP contribution in [0.4, 0.5) is 0 Å². The van der Waals surface area contributed by atoms with E-state index in [1.54, 1.807) is 4.68 Å². The molecule has 1 fully saturated rings. The van der Waals surface area contributed by atoms with Gasteiger partial charge in [-0.05, 0) is 61.1 Å². The number of aliphatic hydroxyl groups is 1. The van der Waals surface area contributed by atoms with Crippen molar-refractivity contribution in [3.63, 3.8) is 0 Å². The van der Waals surface area contributed by atoms with E-state index in [1.807, 2.05) is 38.4 Å². The third kappa shape index (κ3) is 3.88. The lowest BCUT2D eigenvalue weighted by molar-refractivity contribution is 0.0553. The van der Waals surface area contributed by atoms with E-state index < -0.39 is 0 Å². The van der Waals surface area contributed by atoms with Gasteiger partial charge < -0.3 is 14.4 Å². The summed E-state index contributed by atoms with van der Waals surface area (Å²) in [6.07, 6.45) is 3.81. The molecule has 1 aliphatic heterocycles. The molecular weight excluding hydrogens is 474 g/mol. The van der Waals surface area contributed by atoms with Gasteiger partial charge in [0.1, 0.15) is 0 Å². The molecular formula is C28H28ClN5O2. The highest BCUT2D eigenvalue weighted by Crippen LogP contribution is 2.41. The summed E-state index contributed by atoms with van der Waals surface area (Å²) in [5.41, 5.74) is 7.83. The largest absolute Gasteiger partial charge is 0.392 e. The first-order valence-electron chi connectivity index (χ1n) is 12.3. The Labute approximate surface area is 214 Å². The van der Waals surface area contributed by atoms with E-state index in [2.05, 4.69) is 45.2 Å². The Bertz CT molecular complexity index is 1550. The molecule has 4 heterocycles. The van der Waals surface area contributed by atoms with Gasteiger partial charge >= 0.3 is 0 Å². The van der Waals surface area contributed by atoms with Crippen molar-refractivity contribution in [2.75, 3.05) is 13.2 Å². The molecule has 1 aliphatic rings. The molecule has 2 aromatic carbocycles. The molecule has 7 nitrogen and oxygen atoms in total. The number of nitrogens with zero attached hydrogens (tertiary/aromatic N) is 5. The highest BCUT2D eigenvalue weighted by Gasteiger charge is 2.30. The van der Waals surface area contributed by atoms with Crippen molar-refractivity contribution in [1.29, 1.82) is 0 Å². The lowest BCUT2D eigenvalue weighted by atomic mass is 9.86. The van der Waals surface area contributed by atoms with Crippen molar-refractivity contribution < 1.29 is 9.84 Å². The van der Waals surface area contributed by atoms with Gasteiger partial charge in [0.15, 0.2) is 0 Å². The summed E-state index contributed by atoms with van der Waals surface area (Å²) in [4.78, 5) is 4.96. The number of ether oxygens (including phenoxy) is 1. The number of pyridine rings is 1. The Hall–Kier alpha value is -3.26. The molecule has 6 rings (SSSR count). The van der Waals surface area contributed by atoms with Gasteiger partial charge in [-0.1, -0.05) is 41.1 Å². The predicted octanol–water partition coefficient (Wildman–Crippen LogP) is 5.46. The fraction of sp³-hybridized carbons (Fsp3) is 0.321. The van der Waals surface area contributed by atoms with Crippen LogP contribution in [0.3, 0.4) is 0 Å². The van der Waals surface area contributed by atoms with Gasteiger partial charge in [0.05, 0.1) is 40.6 Å². The minimum atomic E-state index is -0.0187. The third-order valence-electron chi connectivity index (χ3n) is 7.34. The van der Waals surface area contributed by atoms with Crippen molar-refractivity contribution in [3.8, 4) is 11.3 Å². The number of aliphatic hydroxyl groups excluding tert-OH is 1. The van der Waals surface area contributed by atoms with Crippen molar-refractivity contribution >= 4 is 33.5 Å². The van der Waals surface area contributed by atoms with Crippen molar-refractivity contribution in [2.24, 2.45) is 13.0 Å². The summed E-state index contributed by atoms with van der Waals surface area (Å²) in [5, 5.41) is 20.2. The van der Waals surface area contributed by atoms with Gasteiger partial charge in [-0.3, -0.25) is 4.98 Å². The molecule has 5 aromatic rings. The number of benzene rings is 2. The molecule has 0 spiro atoms. The molecule has 36 heavy (non-hydrogen) atoms. The average Bonchev–Trinajstić information content (AvgIpc) is 3.40. The monoisotopic (exact) mass is 501 g/mol. The van der Waals surface area contributed by atoms with E-state index in [0.717, 1.165) is 81.1 Å². The molecule has 1 atom stereocenters. The van der Waals surface area contributed by atoms with Crippen LogP contribution in [0.25, 0.3) is 33.2 Å². The van der Waals surface area contributed by atoms with E-state index in [4.69, 9.17) is 21.3 Å². The second-order valence-corrected chi connectivity index (χ2v) is 10.0. The quantitative estimate of drug-likeness (QED) is 0.346. The summed E-state index contributed by atoms with van der Waals surface area (Å²) >= 11 is 6.50. The lowest BCUT2D eigenvalue weighted by Gasteiger charge is -2.33. The van der Waals surface area contributed by atoms with E-state index >= 15 is 0 Å². The second kappa shape index (κ2) is 9.32. The van der Waals surface area contributed by atoms with Crippen LogP contribution in [0.5, 0.6) is 0 Å². The van der Waals surface area contributed by atoms with Crippen LogP contribution in [0, 0.1) is 12.8 Å². The summed E-state index contributed by atoms with van der Waals surface area (Å²) in [5.74, 6) is 0.359. The molecule has 3 aromatic heterocycles. The van der Waals surface area contributed by atoms with E-state index in [1.165, 1.54) is 0 Å². The number of hydrogen-bond acceptors (Lipinski definition) is 5. The van der Waals surface area contributed by atoms with Gasteiger partial charge in [-0.15, -0.1) is 5.10 Å². The predicted molar refractivity (Wildman–Crippen MR) is 141 cm³/mol. The molecule has 0 saturated carbocycles. The number of fused-ring (bicyclic) bond motifs is 3. The first-order chi connectivity index (χ1) is 17.5. The standard InChI is InChI=1S/C28H28ClN5O2/c1-17-27(33(2)32-31-17)21-14-25-26(30-15-21)23-7-6-18(16-35)12-24(23)34(25)28(19-8-10-36-11-9-19)20-4-3-5-22(29)13-20/h3-7,12-15,19,28,35H,8-11,16H2,1-2H3. The van der Waals surface area contributed by atoms with Gasteiger partial charge in [0, 0.05) is 42.4 Å². The second-order valence-electron chi connectivity index (χ2n) is 9.57. The maximum atomic E-state index is 9.96.